The monoisotopic (exact) mass is 186 g/mol. The molecule has 0 bridgehead atoms. The van der Waals surface area contributed by atoms with Crippen molar-refractivity contribution in [2.24, 2.45) is 0 Å². The number of ether oxygens (including phenoxy) is 1. The maximum Gasteiger partial charge on any atom is 0.161 e. The second kappa shape index (κ2) is 8.24. The van der Waals surface area contributed by atoms with Crippen molar-refractivity contribution in [3.8, 4) is 0 Å². The molecule has 1 atom stereocenters. The van der Waals surface area contributed by atoms with Crippen molar-refractivity contribution in [2.75, 3.05) is 6.61 Å². The molecule has 0 N–H and O–H groups in total. The molecule has 0 aromatic carbocycles. The van der Waals surface area contributed by atoms with Crippen LogP contribution in [-0.4, -0.2) is 18.5 Å². The highest BCUT2D eigenvalue weighted by Gasteiger charge is 2.16. The second-order valence-corrected chi connectivity index (χ2v) is 3.36. The van der Waals surface area contributed by atoms with Gasteiger partial charge in [-0.2, -0.15) is 0 Å². The first-order valence-electron chi connectivity index (χ1n) is 5.40. The molecule has 0 aromatic rings. The van der Waals surface area contributed by atoms with E-state index in [2.05, 4.69) is 13.8 Å². The maximum absolute atomic E-state index is 11.5. The van der Waals surface area contributed by atoms with E-state index < -0.39 is 0 Å². The number of carbonyl (C=O) groups is 1. The fraction of sp³-hybridized carbons (Fsp3) is 0.909. The molecule has 78 valence electrons. The fourth-order valence-electron chi connectivity index (χ4n) is 1.27. The Morgan fingerprint density at radius 3 is 2.31 bits per heavy atom. The molecule has 0 fully saturated rings. The van der Waals surface area contributed by atoms with Crippen LogP contribution in [-0.2, 0) is 9.53 Å². The summed E-state index contributed by atoms with van der Waals surface area (Å²) in [4.78, 5) is 11.5. The van der Waals surface area contributed by atoms with Crippen molar-refractivity contribution in [1.29, 1.82) is 0 Å². The molecule has 0 spiro atoms. The largest absolute Gasteiger partial charge is 0.370 e. The zero-order chi connectivity index (χ0) is 10.1. The van der Waals surface area contributed by atoms with E-state index in [0.29, 0.717) is 13.0 Å². The van der Waals surface area contributed by atoms with Gasteiger partial charge in [0.1, 0.15) is 6.10 Å². The molecule has 0 radical (unpaired) electrons. The minimum absolute atomic E-state index is 0.134. The Balaban J connectivity index is 3.83. The van der Waals surface area contributed by atoms with Gasteiger partial charge in [-0.25, -0.2) is 0 Å². The predicted molar refractivity (Wildman–Crippen MR) is 54.9 cm³/mol. The Hall–Kier alpha value is -0.370. The van der Waals surface area contributed by atoms with E-state index in [1.807, 2.05) is 6.92 Å². The number of ketones is 1. The molecule has 0 amide bonds. The topological polar surface area (TPSA) is 26.3 Å². The Morgan fingerprint density at radius 2 is 1.85 bits per heavy atom. The summed E-state index contributed by atoms with van der Waals surface area (Å²) < 4.78 is 5.50. The third kappa shape index (κ3) is 5.81. The Kier molecular flexibility index (Phi) is 8.00. The molecule has 0 saturated heterocycles. The minimum atomic E-state index is -0.134. The molecule has 2 heteroatoms. The van der Waals surface area contributed by atoms with Crippen LogP contribution in [0.2, 0.25) is 0 Å². The predicted octanol–water partition coefficient (Wildman–Crippen LogP) is 2.95. The Morgan fingerprint density at radius 1 is 1.15 bits per heavy atom. The van der Waals surface area contributed by atoms with Gasteiger partial charge in [-0.05, 0) is 19.3 Å². The van der Waals surface area contributed by atoms with Crippen LogP contribution in [0.25, 0.3) is 0 Å². The summed E-state index contributed by atoms with van der Waals surface area (Å²) in [6, 6.07) is 0. The smallest absolute Gasteiger partial charge is 0.161 e. The summed E-state index contributed by atoms with van der Waals surface area (Å²) in [6.45, 7) is 6.88. The molecule has 13 heavy (non-hydrogen) atoms. The number of hydrogen-bond donors (Lipinski definition) is 0. The molecule has 0 aliphatic carbocycles. The third-order valence-corrected chi connectivity index (χ3v) is 1.93. The first-order chi connectivity index (χ1) is 6.26. The summed E-state index contributed by atoms with van der Waals surface area (Å²) in [6.07, 6.45) is 4.33. The number of hydrogen-bond acceptors (Lipinski definition) is 2. The molecular formula is C11H22O2. The summed E-state index contributed by atoms with van der Waals surface area (Å²) in [7, 11) is 0. The second-order valence-electron chi connectivity index (χ2n) is 3.36. The quantitative estimate of drug-likeness (QED) is 0.582. The van der Waals surface area contributed by atoms with Gasteiger partial charge in [0, 0.05) is 13.0 Å². The average molecular weight is 186 g/mol. The first kappa shape index (κ1) is 12.6. The number of Topliss-reactive ketones (excluding diaryl/α,β-unsaturated/α-hetero) is 1. The van der Waals surface area contributed by atoms with E-state index in [1.165, 1.54) is 0 Å². The Bertz CT molecular complexity index is 132. The Labute approximate surface area is 81.7 Å². The van der Waals surface area contributed by atoms with Crippen LogP contribution in [0.5, 0.6) is 0 Å². The van der Waals surface area contributed by atoms with Gasteiger partial charge in [-0.15, -0.1) is 0 Å². The van der Waals surface area contributed by atoms with Crippen molar-refractivity contribution in [2.45, 2.75) is 59.0 Å². The normalized spacial score (nSPS) is 12.8. The molecule has 0 aliphatic rings. The lowest BCUT2D eigenvalue weighted by atomic mass is 10.1. The average Bonchev–Trinajstić information content (AvgIpc) is 2.12. The van der Waals surface area contributed by atoms with Gasteiger partial charge in [0.05, 0.1) is 0 Å². The van der Waals surface area contributed by atoms with Crippen LogP contribution >= 0.6 is 0 Å². The van der Waals surface area contributed by atoms with Gasteiger partial charge in [0.25, 0.3) is 0 Å². The summed E-state index contributed by atoms with van der Waals surface area (Å²) in [5.41, 5.74) is 0. The lowest BCUT2D eigenvalue weighted by Crippen LogP contribution is -2.24. The van der Waals surface area contributed by atoms with E-state index in [4.69, 9.17) is 4.74 Å². The van der Waals surface area contributed by atoms with Crippen molar-refractivity contribution in [3.63, 3.8) is 0 Å². The van der Waals surface area contributed by atoms with E-state index in [1.54, 1.807) is 0 Å². The highest BCUT2D eigenvalue weighted by atomic mass is 16.5. The van der Waals surface area contributed by atoms with Crippen LogP contribution in [0.15, 0.2) is 0 Å². The highest BCUT2D eigenvalue weighted by molar-refractivity contribution is 5.82. The van der Waals surface area contributed by atoms with Crippen molar-refractivity contribution < 1.29 is 9.53 Å². The maximum atomic E-state index is 11.5. The van der Waals surface area contributed by atoms with Gasteiger partial charge >= 0.3 is 0 Å². The van der Waals surface area contributed by atoms with E-state index >= 15 is 0 Å². The van der Waals surface area contributed by atoms with E-state index in [9.17, 15) is 4.79 Å². The summed E-state index contributed by atoms with van der Waals surface area (Å²) in [5, 5.41) is 0. The highest BCUT2D eigenvalue weighted by Crippen LogP contribution is 2.07. The van der Waals surface area contributed by atoms with Gasteiger partial charge in [-0.3, -0.25) is 4.79 Å². The minimum Gasteiger partial charge on any atom is -0.370 e. The summed E-state index contributed by atoms with van der Waals surface area (Å²) >= 11 is 0. The molecule has 0 saturated carbocycles. The van der Waals surface area contributed by atoms with Crippen molar-refractivity contribution in [1.82, 2.24) is 0 Å². The summed E-state index contributed by atoms with van der Waals surface area (Å²) in [5.74, 6) is 0.276. The van der Waals surface area contributed by atoms with E-state index in [0.717, 1.165) is 25.7 Å². The SMILES string of the molecule is CCCOC(CCC)C(=O)CCC. The number of rotatable bonds is 8. The molecular weight excluding hydrogens is 164 g/mol. The number of carbonyl (C=O) groups excluding carboxylic acids is 1. The van der Waals surface area contributed by atoms with E-state index in [-0.39, 0.29) is 11.9 Å². The first-order valence-corrected chi connectivity index (χ1v) is 5.40. The molecule has 1 unspecified atom stereocenters. The zero-order valence-electron chi connectivity index (χ0n) is 9.14. The van der Waals surface area contributed by atoms with Crippen LogP contribution in [0.4, 0.5) is 0 Å². The standard InChI is InChI=1S/C11H22O2/c1-4-7-10(12)11(8-5-2)13-9-6-3/h11H,4-9H2,1-3H3. The van der Waals surface area contributed by atoms with Gasteiger partial charge in [0.2, 0.25) is 0 Å². The van der Waals surface area contributed by atoms with Crippen LogP contribution in [0.3, 0.4) is 0 Å². The van der Waals surface area contributed by atoms with Gasteiger partial charge in [-0.1, -0.05) is 27.2 Å². The molecule has 0 aromatic heterocycles. The molecule has 0 heterocycles. The molecule has 2 nitrogen and oxygen atoms in total. The third-order valence-electron chi connectivity index (χ3n) is 1.93. The van der Waals surface area contributed by atoms with Gasteiger partial charge < -0.3 is 4.74 Å². The fourth-order valence-corrected chi connectivity index (χ4v) is 1.27. The lowest BCUT2D eigenvalue weighted by molar-refractivity contribution is -0.131. The van der Waals surface area contributed by atoms with Crippen molar-refractivity contribution in [3.05, 3.63) is 0 Å². The van der Waals surface area contributed by atoms with Crippen molar-refractivity contribution >= 4 is 5.78 Å². The van der Waals surface area contributed by atoms with Gasteiger partial charge in [0.15, 0.2) is 5.78 Å². The lowest BCUT2D eigenvalue weighted by Gasteiger charge is -2.14. The van der Waals surface area contributed by atoms with Crippen LogP contribution in [0.1, 0.15) is 52.9 Å². The molecule has 0 aliphatic heterocycles. The molecule has 0 rings (SSSR count). The van der Waals surface area contributed by atoms with Crippen LogP contribution < -0.4 is 0 Å². The zero-order valence-corrected chi connectivity index (χ0v) is 9.14. The van der Waals surface area contributed by atoms with Crippen LogP contribution in [0, 0.1) is 0 Å².